The molecule has 0 unspecified atom stereocenters. The van der Waals surface area contributed by atoms with Crippen molar-refractivity contribution >= 4 is 5.97 Å². The van der Waals surface area contributed by atoms with E-state index >= 15 is 0 Å². The molecule has 0 aliphatic carbocycles. The number of ether oxygens (including phenoxy) is 1. The SMILES string of the molecule is COC(=O)c1ncnc(CC(C)(C)C)c1F. The molecule has 16 heavy (non-hydrogen) atoms. The van der Waals surface area contributed by atoms with Gasteiger partial charge in [0, 0.05) is 0 Å². The number of halogens is 1. The van der Waals surface area contributed by atoms with Crippen molar-refractivity contribution < 1.29 is 13.9 Å². The minimum Gasteiger partial charge on any atom is -0.464 e. The van der Waals surface area contributed by atoms with Crippen LogP contribution in [0.3, 0.4) is 0 Å². The van der Waals surface area contributed by atoms with E-state index in [-0.39, 0.29) is 16.8 Å². The fourth-order valence-corrected chi connectivity index (χ4v) is 1.27. The van der Waals surface area contributed by atoms with E-state index in [0.717, 1.165) is 0 Å². The normalized spacial score (nSPS) is 11.3. The summed E-state index contributed by atoms with van der Waals surface area (Å²) in [5, 5.41) is 0. The average molecular weight is 226 g/mol. The van der Waals surface area contributed by atoms with Crippen LogP contribution < -0.4 is 0 Å². The van der Waals surface area contributed by atoms with E-state index in [9.17, 15) is 9.18 Å². The summed E-state index contributed by atoms with van der Waals surface area (Å²) in [4.78, 5) is 18.6. The lowest BCUT2D eigenvalue weighted by Gasteiger charge is -2.17. The van der Waals surface area contributed by atoms with Crippen LogP contribution in [0.15, 0.2) is 6.33 Å². The molecule has 1 heterocycles. The molecule has 0 aliphatic heterocycles. The number of nitrogens with zero attached hydrogens (tertiary/aromatic N) is 2. The molecule has 0 atom stereocenters. The summed E-state index contributed by atoms with van der Waals surface area (Å²) in [6.07, 6.45) is 1.61. The average Bonchev–Trinajstić information content (AvgIpc) is 2.18. The quantitative estimate of drug-likeness (QED) is 0.724. The first-order chi connectivity index (χ1) is 7.35. The van der Waals surface area contributed by atoms with E-state index in [1.807, 2.05) is 20.8 Å². The molecular weight excluding hydrogens is 211 g/mol. The second-order valence-electron chi connectivity index (χ2n) is 4.71. The highest BCUT2D eigenvalue weighted by Gasteiger charge is 2.21. The van der Waals surface area contributed by atoms with Crippen LogP contribution in [0.25, 0.3) is 0 Å². The Morgan fingerprint density at radius 3 is 2.56 bits per heavy atom. The summed E-state index contributed by atoms with van der Waals surface area (Å²) >= 11 is 0. The first kappa shape index (κ1) is 12.5. The van der Waals surface area contributed by atoms with Crippen LogP contribution >= 0.6 is 0 Å². The molecule has 0 spiro atoms. The molecule has 5 heteroatoms. The number of rotatable bonds is 2. The van der Waals surface area contributed by atoms with Gasteiger partial charge >= 0.3 is 5.97 Å². The molecule has 1 aromatic rings. The summed E-state index contributed by atoms with van der Waals surface area (Å²) in [7, 11) is 1.19. The monoisotopic (exact) mass is 226 g/mol. The lowest BCUT2D eigenvalue weighted by molar-refractivity contribution is 0.0587. The van der Waals surface area contributed by atoms with Gasteiger partial charge in [0.1, 0.15) is 6.33 Å². The topological polar surface area (TPSA) is 52.1 Å². The molecule has 0 radical (unpaired) electrons. The molecule has 1 aromatic heterocycles. The Balaban J connectivity index is 3.09. The van der Waals surface area contributed by atoms with E-state index in [1.165, 1.54) is 13.4 Å². The van der Waals surface area contributed by atoms with Gasteiger partial charge in [0.05, 0.1) is 12.8 Å². The van der Waals surface area contributed by atoms with Crippen LogP contribution in [0.4, 0.5) is 4.39 Å². The van der Waals surface area contributed by atoms with Gasteiger partial charge in [0.25, 0.3) is 0 Å². The molecule has 0 aromatic carbocycles. The van der Waals surface area contributed by atoms with Crippen molar-refractivity contribution in [2.45, 2.75) is 27.2 Å². The van der Waals surface area contributed by atoms with Gasteiger partial charge in [0.2, 0.25) is 0 Å². The van der Waals surface area contributed by atoms with E-state index in [0.29, 0.717) is 6.42 Å². The second-order valence-corrected chi connectivity index (χ2v) is 4.71. The summed E-state index contributed by atoms with van der Waals surface area (Å²) in [6.45, 7) is 5.89. The van der Waals surface area contributed by atoms with E-state index < -0.39 is 11.8 Å². The number of aromatic nitrogens is 2. The van der Waals surface area contributed by atoms with Crippen molar-refractivity contribution in [3.05, 3.63) is 23.5 Å². The highest BCUT2D eigenvalue weighted by atomic mass is 19.1. The van der Waals surface area contributed by atoms with Crippen LogP contribution in [0.1, 0.15) is 37.0 Å². The zero-order valence-corrected chi connectivity index (χ0v) is 9.87. The largest absolute Gasteiger partial charge is 0.464 e. The molecule has 88 valence electrons. The van der Waals surface area contributed by atoms with Crippen LogP contribution in [0.2, 0.25) is 0 Å². The van der Waals surface area contributed by atoms with Crippen molar-refractivity contribution in [2.75, 3.05) is 7.11 Å². The summed E-state index contributed by atoms with van der Waals surface area (Å²) in [5.41, 5.74) is -0.178. The maximum Gasteiger partial charge on any atom is 0.359 e. The van der Waals surface area contributed by atoms with Crippen molar-refractivity contribution in [1.82, 2.24) is 9.97 Å². The molecule has 0 bridgehead atoms. The number of hydrogen-bond donors (Lipinski definition) is 0. The van der Waals surface area contributed by atoms with Gasteiger partial charge in [-0.25, -0.2) is 19.2 Å². The lowest BCUT2D eigenvalue weighted by Crippen LogP contribution is -2.16. The molecule has 4 nitrogen and oxygen atoms in total. The smallest absolute Gasteiger partial charge is 0.359 e. The highest BCUT2D eigenvalue weighted by Crippen LogP contribution is 2.21. The van der Waals surface area contributed by atoms with Crippen LogP contribution in [-0.4, -0.2) is 23.0 Å². The molecular formula is C11H15FN2O2. The Kier molecular flexibility index (Phi) is 3.57. The van der Waals surface area contributed by atoms with Crippen molar-refractivity contribution in [1.29, 1.82) is 0 Å². The predicted octanol–water partition coefficient (Wildman–Crippen LogP) is 1.99. The van der Waals surface area contributed by atoms with E-state index in [1.54, 1.807) is 0 Å². The minimum absolute atomic E-state index is 0.109. The van der Waals surface area contributed by atoms with Crippen LogP contribution in [-0.2, 0) is 11.2 Å². The number of carbonyl (C=O) groups excluding carboxylic acids is 1. The first-order valence-electron chi connectivity index (χ1n) is 4.93. The third kappa shape index (κ3) is 2.98. The van der Waals surface area contributed by atoms with Gasteiger partial charge in [-0.1, -0.05) is 20.8 Å². The Bertz CT molecular complexity index is 399. The van der Waals surface area contributed by atoms with Gasteiger partial charge in [-0.15, -0.1) is 0 Å². The van der Waals surface area contributed by atoms with E-state index in [2.05, 4.69) is 14.7 Å². The Hall–Kier alpha value is -1.52. The van der Waals surface area contributed by atoms with Crippen LogP contribution in [0.5, 0.6) is 0 Å². The Labute approximate surface area is 93.9 Å². The fourth-order valence-electron chi connectivity index (χ4n) is 1.27. The highest BCUT2D eigenvalue weighted by molar-refractivity contribution is 5.87. The van der Waals surface area contributed by atoms with Gasteiger partial charge < -0.3 is 4.74 Å². The fraction of sp³-hybridized carbons (Fsp3) is 0.545. The predicted molar refractivity (Wildman–Crippen MR) is 56.5 cm³/mol. The van der Waals surface area contributed by atoms with Crippen molar-refractivity contribution in [3.63, 3.8) is 0 Å². The maximum atomic E-state index is 13.8. The molecule has 0 saturated carbocycles. The van der Waals surface area contributed by atoms with E-state index in [4.69, 9.17) is 0 Å². The molecule has 1 rings (SSSR count). The van der Waals surface area contributed by atoms with Gasteiger partial charge in [0.15, 0.2) is 11.5 Å². The summed E-state index contributed by atoms with van der Waals surface area (Å²) in [6, 6.07) is 0. The summed E-state index contributed by atoms with van der Waals surface area (Å²) < 4.78 is 18.2. The number of hydrogen-bond acceptors (Lipinski definition) is 4. The zero-order valence-electron chi connectivity index (χ0n) is 9.87. The lowest BCUT2D eigenvalue weighted by atomic mass is 9.90. The Morgan fingerprint density at radius 2 is 2.06 bits per heavy atom. The molecule has 0 aliphatic rings. The van der Waals surface area contributed by atoms with Gasteiger partial charge in [-0.05, 0) is 11.8 Å². The molecule has 0 fully saturated rings. The van der Waals surface area contributed by atoms with Crippen LogP contribution in [0, 0.1) is 11.2 Å². The summed E-state index contributed by atoms with van der Waals surface area (Å²) in [5.74, 6) is -1.47. The number of esters is 1. The second kappa shape index (κ2) is 4.55. The minimum atomic E-state index is -0.782. The number of methoxy groups -OCH3 is 1. The maximum absolute atomic E-state index is 13.8. The molecule has 0 amide bonds. The third-order valence-electron chi connectivity index (χ3n) is 1.94. The van der Waals surface area contributed by atoms with Crippen molar-refractivity contribution in [3.8, 4) is 0 Å². The Morgan fingerprint density at radius 1 is 1.44 bits per heavy atom. The third-order valence-corrected chi connectivity index (χ3v) is 1.94. The van der Waals surface area contributed by atoms with Crippen molar-refractivity contribution in [2.24, 2.45) is 5.41 Å². The molecule has 0 N–H and O–H groups in total. The van der Waals surface area contributed by atoms with Gasteiger partial charge in [-0.3, -0.25) is 0 Å². The van der Waals surface area contributed by atoms with Gasteiger partial charge in [-0.2, -0.15) is 0 Å². The number of carbonyl (C=O) groups is 1. The first-order valence-corrected chi connectivity index (χ1v) is 4.93. The molecule has 0 saturated heterocycles. The standard InChI is InChI=1S/C11H15FN2O2/c1-11(2,3)5-7-8(12)9(10(15)16-4)14-6-13-7/h6H,5H2,1-4H3. The zero-order chi connectivity index (χ0) is 12.3.